The summed E-state index contributed by atoms with van der Waals surface area (Å²) < 4.78 is 8.40. The minimum atomic E-state index is -1.22. The minimum absolute atomic E-state index is 0.149. The van der Waals surface area contributed by atoms with Crippen LogP contribution in [0.3, 0.4) is 0 Å². The van der Waals surface area contributed by atoms with Gasteiger partial charge in [-0.1, -0.05) is 103 Å². The Balaban J connectivity index is 0. The van der Waals surface area contributed by atoms with Crippen LogP contribution in [0.5, 0.6) is 0 Å². The fourth-order valence-corrected chi connectivity index (χ4v) is 8.14. The van der Waals surface area contributed by atoms with Crippen molar-refractivity contribution < 1.29 is 24.5 Å². The Bertz CT molecular complexity index is 453. The van der Waals surface area contributed by atoms with Gasteiger partial charge in [-0.05, 0) is 6.42 Å². The Hall–Kier alpha value is -0.301. The Kier molecular flexibility index (Phi) is 34.4. The Morgan fingerprint density at radius 3 is 1.28 bits per heavy atom. The van der Waals surface area contributed by atoms with Crippen LogP contribution in [0.15, 0.2) is 0 Å². The van der Waals surface area contributed by atoms with E-state index in [4.69, 9.17) is 14.9 Å². The number of aliphatic carboxylic acids is 2. The van der Waals surface area contributed by atoms with Gasteiger partial charge in [0.25, 0.3) is 0 Å². The first-order valence-electron chi connectivity index (χ1n) is 15.3. The molecule has 2 radical (unpaired) electrons. The molecule has 0 fully saturated rings. The molecular formula is C30H60O5Sn. The molecule has 6 heteroatoms. The zero-order valence-corrected chi connectivity index (χ0v) is 27.0. The van der Waals surface area contributed by atoms with E-state index in [2.05, 4.69) is 20.8 Å². The van der Waals surface area contributed by atoms with Gasteiger partial charge in [0.2, 0.25) is 0 Å². The van der Waals surface area contributed by atoms with Crippen molar-refractivity contribution in [3.8, 4) is 0 Å². The van der Waals surface area contributed by atoms with E-state index in [-0.39, 0.29) is 21.1 Å². The van der Waals surface area contributed by atoms with Crippen molar-refractivity contribution in [1.82, 2.24) is 0 Å². The van der Waals surface area contributed by atoms with E-state index < -0.39 is 24.5 Å². The SMILES string of the molecule is CCCCCCCCCCCCCCCCCCOC(CC(=O)O)C(=O)O.CCC[CH2][Sn][CH2]CCC. The van der Waals surface area contributed by atoms with E-state index in [1.54, 1.807) is 8.87 Å². The van der Waals surface area contributed by atoms with Crippen LogP contribution in [-0.2, 0) is 14.3 Å². The first-order valence-corrected chi connectivity index (χ1v) is 19.3. The van der Waals surface area contributed by atoms with Crippen LogP contribution in [0.1, 0.15) is 156 Å². The summed E-state index contributed by atoms with van der Waals surface area (Å²) in [6, 6.07) is 0. The van der Waals surface area contributed by atoms with Crippen LogP contribution in [0.2, 0.25) is 8.87 Å². The first kappa shape index (κ1) is 37.8. The molecule has 36 heavy (non-hydrogen) atoms. The second-order valence-corrected chi connectivity index (χ2v) is 14.3. The monoisotopic (exact) mass is 620 g/mol. The molecule has 0 spiro atoms. The molecule has 0 aromatic carbocycles. The molecule has 0 aliphatic carbocycles. The van der Waals surface area contributed by atoms with Gasteiger partial charge >= 0.3 is 81.5 Å². The molecule has 0 aromatic rings. The second kappa shape index (κ2) is 32.7. The summed E-state index contributed by atoms with van der Waals surface area (Å²) in [5.74, 6) is -2.34. The van der Waals surface area contributed by atoms with Gasteiger partial charge in [0.05, 0.1) is 6.42 Å². The number of carboxylic acids is 2. The van der Waals surface area contributed by atoms with Crippen LogP contribution in [0.25, 0.3) is 0 Å². The summed E-state index contributed by atoms with van der Waals surface area (Å²) in [5, 5.41) is 17.5. The average Bonchev–Trinajstić information content (AvgIpc) is 2.85. The Labute approximate surface area is 234 Å². The molecule has 1 unspecified atom stereocenters. The Morgan fingerprint density at radius 2 is 0.944 bits per heavy atom. The summed E-state index contributed by atoms with van der Waals surface area (Å²) in [5.41, 5.74) is 0. The average molecular weight is 620 g/mol. The molecule has 0 aromatic heterocycles. The summed E-state index contributed by atoms with van der Waals surface area (Å²) in [6.07, 6.45) is 24.7. The van der Waals surface area contributed by atoms with E-state index in [0.29, 0.717) is 6.61 Å². The second-order valence-electron chi connectivity index (χ2n) is 10.1. The van der Waals surface area contributed by atoms with E-state index in [0.717, 1.165) is 19.3 Å². The molecular weight excluding hydrogens is 559 g/mol. The van der Waals surface area contributed by atoms with Crippen LogP contribution < -0.4 is 0 Å². The number of carbonyl (C=O) groups is 2. The zero-order chi connectivity index (χ0) is 27.1. The van der Waals surface area contributed by atoms with E-state index in [1.165, 1.54) is 109 Å². The molecule has 0 aliphatic rings. The van der Waals surface area contributed by atoms with Crippen LogP contribution in [0, 0.1) is 0 Å². The molecule has 0 bridgehead atoms. The first-order chi connectivity index (χ1) is 17.5. The van der Waals surface area contributed by atoms with Gasteiger partial charge in [-0.25, -0.2) is 4.79 Å². The predicted octanol–water partition coefficient (Wildman–Crippen LogP) is 9.32. The number of unbranched alkanes of at least 4 members (excludes halogenated alkanes) is 17. The zero-order valence-electron chi connectivity index (χ0n) is 24.2. The van der Waals surface area contributed by atoms with Crippen LogP contribution in [-0.4, -0.2) is 56.0 Å². The van der Waals surface area contributed by atoms with Crippen molar-refractivity contribution in [3.63, 3.8) is 0 Å². The van der Waals surface area contributed by atoms with Crippen molar-refractivity contribution in [3.05, 3.63) is 0 Å². The number of carboxylic acid groups (broad SMARTS) is 2. The van der Waals surface area contributed by atoms with Crippen molar-refractivity contribution >= 4 is 33.1 Å². The molecule has 1 atom stereocenters. The third-order valence-electron chi connectivity index (χ3n) is 6.37. The third-order valence-corrected chi connectivity index (χ3v) is 10.4. The quantitative estimate of drug-likeness (QED) is 0.0707. The van der Waals surface area contributed by atoms with Gasteiger partial charge < -0.3 is 14.9 Å². The summed E-state index contributed by atoms with van der Waals surface area (Å²) >= 11 is 0.149. The van der Waals surface area contributed by atoms with Gasteiger partial charge in [0, 0.05) is 6.61 Å². The molecule has 0 heterocycles. The van der Waals surface area contributed by atoms with Crippen LogP contribution >= 0.6 is 0 Å². The maximum atomic E-state index is 10.8. The molecule has 214 valence electrons. The van der Waals surface area contributed by atoms with E-state index in [9.17, 15) is 9.59 Å². The number of rotatable bonds is 27. The molecule has 0 amide bonds. The van der Waals surface area contributed by atoms with Gasteiger partial charge in [-0.3, -0.25) is 4.79 Å². The Morgan fingerprint density at radius 1 is 0.583 bits per heavy atom. The maximum absolute atomic E-state index is 10.8. The molecule has 2 N–H and O–H groups in total. The van der Waals surface area contributed by atoms with Crippen molar-refractivity contribution in [2.24, 2.45) is 0 Å². The van der Waals surface area contributed by atoms with Gasteiger partial charge in [0.15, 0.2) is 6.10 Å². The van der Waals surface area contributed by atoms with Crippen LogP contribution in [0.4, 0.5) is 0 Å². The van der Waals surface area contributed by atoms with Crippen molar-refractivity contribution in [2.45, 2.75) is 171 Å². The van der Waals surface area contributed by atoms with E-state index >= 15 is 0 Å². The predicted molar refractivity (Wildman–Crippen MR) is 154 cm³/mol. The topological polar surface area (TPSA) is 83.8 Å². The number of hydrogen-bond donors (Lipinski definition) is 2. The summed E-state index contributed by atoms with van der Waals surface area (Å²) in [4.78, 5) is 21.4. The van der Waals surface area contributed by atoms with Gasteiger partial charge in [-0.2, -0.15) is 0 Å². The van der Waals surface area contributed by atoms with Gasteiger partial charge in [0.1, 0.15) is 0 Å². The molecule has 5 nitrogen and oxygen atoms in total. The number of hydrogen-bond acceptors (Lipinski definition) is 3. The fraction of sp³-hybridized carbons (Fsp3) is 0.933. The normalized spacial score (nSPS) is 11.6. The van der Waals surface area contributed by atoms with E-state index in [1.807, 2.05) is 0 Å². The molecule has 0 saturated heterocycles. The molecule has 0 rings (SSSR count). The molecule has 0 aliphatic heterocycles. The van der Waals surface area contributed by atoms with Crippen molar-refractivity contribution in [2.75, 3.05) is 6.61 Å². The summed E-state index contributed by atoms with van der Waals surface area (Å²) in [7, 11) is 0. The van der Waals surface area contributed by atoms with Crippen molar-refractivity contribution in [1.29, 1.82) is 0 Å². The fourth-order valence-electron chi connectivity index (χ4n) is 3.98. The van der Waals surface area contributed by atoms with Gasteiger partial charge in [-0.15, -0.1) is 0 Å². The number of ether oxygens (including phenoxy) is 1. The standard InChI is InChI=1S/C22H42O5.2C4H9.Sn/c1-2-3-4-5-6-7-8-9-10-11-12-13-14-15-16-17-18-27-20(22(25)26)19-21(23)24;2*1-3-4-2;/h20H,2-19H2,1H3,(H,23,24)(H,25,26);2*1,3-4H2,2H3;. The summed E-state index contributed by atoms with van der Waals surface area (Å²) in [6.45, 7) is 7.16. The third kappa shape index (κ3) is 33.7. The molecule has 0 saturated carbocycles.